The maximum Gasteiger partial charge on any atom is 0.221 e. The van der Waals surface area contributed by atoms with Crippen molar-refractivity contribution in [1.82, 2.24) is 19.7 Å². The van der Waals surface area contributed by atoms with Crippen molar-refractivity contribution in [2.45, 2.75) is 20.1 Å². The molecule has 6 nitrogen and oxygen atoms in total. The quantitative estimate of drug-likeness (QED) is 0.750. The van der Waals surface area contributed by atoms with Gasteiger partial charge in [0.15, 0.2) is 11.6 Å². The molecule has 7 heteroatoms. The Morgan fingerprint density at radius 1 is 1.33 bits per heavy atom. The molecule has 0 aliphatic rings. The van der Waals surface area contributed by atoms with Crippen molar-refractivity contribution in [3.63, 3.8) is 0 Å². The van der Waals surface area contributed by atoms with Crippen LogP contribution in [0.5, 0.6) is 5.88 Å². The van der Waals surface area contributed by atoms with Crippen LogP contribution in [0.25, 0.3) is 11.1 Å². The Bertz CT molecular complexity index is 835. The lowest BCUT2D eigenvalue weighted by Gasteiger charge is -2.11. The topological polar surface area (TPSA) is 73.1 Å². The number of aliphatic hydroxyl groups excluding tert-OH is 1. The van der Waals surface area contributed by atoms with Gasteiger partial charge in [-0.1, -0.05) is 6.07 Å². The van der Waals surface area contributed by atoms with Gasteiger partial charge in [-0.2, -0.15) is 9.49 Å². The fourth-order valence-corrected chi connectivity index (χ4v) is 2.26. The second kappa shape index (κ2) is 7.06. The molecule has 0 unspecified atom stereocenters. The van der Waals surface area contributed by atoms with Crippen molar-refractivity contribution in [3.05, 3.63) is 60.1 Å². The molecular formula is C17H15FN4O2. The van der Waals surface area contributed by atoms with Crippen LogP contribution in [0, 0.1) is 17.9 Å². The van der Waals surface area contributed by atoms with Gasteiger partial charge in [-0.15, -0.1) is 0 Å². The number of pyridine rings is 1. The molecule has 2 aromatic heterocycles. The zero-order valence-electron chi connectivity index (χ0n) is 13.0. The first-order valence-electron chi connectivity index (χ1n) is 7.39. The molecule has 1 aromatic carbocycles. The molecule has 3 rings (SSSR count). The lowest BCUT2D eigenvalue weighted by atomic mass is 10.1. The summed E-state index contributed by atoms with van der Waals surface area (Å²) in [5.41, 5.74) is 2.12. The lowest BCUT2D eigenvalue weighted by molar-refractivity contribution is 0.271. The molecule has 24 heavy (non-hydrogen) atoms. The highest BCUT2D eigenvalue weighted by molar-refractivity contribution is 5.68. The van der Waals surface area contributed by atoms with Crippen molar-refractivity contribution in [1.29, 1.82) is 0 Å². The first-order valence-corrected chi connectivity index (χ1v) is 7.39. The van der Waals surface area contributed by atoms with Crippen LogP contribution in [0.4, 0.5) is 4.39 Å². The van der Waals surface area contributed by atoms with E-state index < -0.39 is 5.82 Å². The predicted octanol–water partition coefficient (Wildman–Crippen LogP) is 2.02. The Morgan fingerprint density at radius 2 is 2.21 bits per heavy atom. The Labute approximate surface area is 138 Å². The molecule has 0 bridgehead atoms. The third kappa shape index (κ3) is 3.50. The highest BCUT2D eigenvalue weighted by Crippen LogP contribution is 2.29. The summed E-state index contributed by atoms with van der Waals surface area (Å²) in [5.74, 6) is 0.281. The van der Waals surface area contributed by atoms with Crippen LogP contribution in [-0.2, 0) is 13.2 Å². The molecule has 0 fully saturated rings. The number of hydrogen-bond acceptors (Lipinski definition) is 5. The van der Waals surface area contributed by atoms with E-state index in [0.717, 1.165) is 5.56 Å². The molecule has 0 aliphatic heterocycles. The van der Waals surface area contributed by atoms with Crippen LogP contribution in [-0.4, -0.2) is 31.5 Å². The van der Waals surface area contributed by atoms with E-state index in [9.17, 15) is 4.39 Å². The fourth-order valence-electron chi connectivity index (χ4n) is 2.26. The summed E-state index contributed by atoms with van der Waals surface area (Å²) in [6.45, 7) is 2.52. The summed E-state index contributed by atoms with van der Waals surface area (Å²) >= 11 is 0. The van der Waals surface area contributed by atoms with E-state index in [4.69, 9.17) is 9.84 Å². The molecule has 0 amide bonds. The van der Waals surface area contributed by atoms with Crippen LogP contribution in [0.15, 0.2) is 30.7 Å². The maximum absolute atomic E-state index is 13.5. The largest absolute Gasteiger partial charge is 0.478 e. The van der Waals surface area contributed by atoms with Gasteiger partial charge >= 0.3 is 0 Å². The van der Waals surface area contributed by atoms with Crippen molar-refractivity contribution < 1.29 is 14.2 Å². The molecular weight excluding hydrogens is 311 g/mol. The predicted molar refractivity (Wildman–Crippen MR) is 83.5 cm³/mol. The molecule has 0 aliphatic carbocycles. The van der Waals surface area contributed by atoms with Gasteiger partial charge in [0.1, 0.15) is 12.9 Å². The lowest BCUT2D eigenvalue weighted by Crippen LogP contribution is -2.04. The number of halogens is 1. The van der Waals surface area contributed by atoms with Gasteiger partial charge in [-0.25, -0.2) is 14.6 Å². The van der Waals surface area contributed by atoms with Gasteiger partial charge in [0.25, 0.3) is 0 Å². The molecule has 122 valence electrons. The van der Waals surface area contributed by atoms with E-state index >= 15 is 0 Å². The molecule has 2 heterocycles. The molecule has 3 aromatic rings. The Balaban J connectivity index is 1.95. The number of nitrogens with zero attached hydrogens (tertiary/aromatic N) is 4. The van der Waals surface area contributed by atoms with Crippen LogP contribution < -0.4 is 4.74 Å². The number of rotatable bonds is 6. The molecule has 0 saturated carbocycles. The van der Waals surface area contributed by atoms with Crippen molar-refractivity contribution in [3.8, 4) is 17.0 Å². The number of aliphatic hydroxyl groups is 1. The average molecular weight is 326 g/mol. The Kier molecular flexibility index (Phi) is 4.68. The van der Waals surface area contributed by atoms with Gasteiger partial charge in [0, 0.05) is 11.8 Å². The van der Waals surface area contributed by atoms with E-state index in [2.05, 4.69) is 27.2 Å². The van der Waals surface area contributed by atoms with Gasteiger partial charge in [0.2, 0.25) is 5.88 Å². The summed E-state index contributed by atoms with van der Waals surface area (Å²) in [5, 5.41) is 13.1. The van der Waals surface area contributed by atoms with Crippen molar-refractivity contribution >= 4 is 0 Å². The highest BCUT2D eigenvalue weighted by Gasteiger charge is 2.11. The number of hydrogen-bond donors (Lipinski definition) is 1. The van der Waals surface area contributed by atoms with Crippen molar-refractivity contribution in [2.24, 2.45) is 0 Å². The average Bonchev–Trinajstić information content (AvgIpc) is 3.04. The molecule has 0 radical (unpaired) electrons. The third-order valence-electron chi connectivity index (χ3n) is 3.27. The summed E-state index contributed by atoms with van der Waals surface area (Å²) in [6.07, 6.45) is 3.20. The Hall–Kier alpha value is -2.98. The molecule has 0 spiro atoms. The minimum Gasteiger partial charge on any atom is -0.478 e. The minimum atomic E-state index is -0.496. The van der Waals surface area contributed by atoms with E-state index in [1.54, 1.807) is 16.9 Å². The summed E-state index contributed by atoms with van der Waals surface area (Å²) < 4.78 is 20.6. The van der Waals surface area contributed by atoms with Crippen LogP contribution in [0.2, 0.25) is 0 Å². The SMILES string of the molecule is CCOc1ncc(Cn2cnc(CO)n2)cc1-c1cc#cc(F)c1. The summed E-state index contributed by atoms with van der Waals surface area (Å²) in [4.78, 5) is 8.29. The second-order valence-electron chi connectivity index (χ2n) is 5.01. The van der Waals surface area contributed by atoms with Crippen molar-refractivity contribution in [2.75, 3.05) is 6.61 Å². The van der Waals surface area contributed by atoms with E-state index in [0.29, 0.717) is 36.0 Å². The van der Waals surface area contributed by atoms with Crippen LogP contribution in [0.1, 0.15) is 18.3 Å². The van der Waals surface area contributed by atoms with E-state index in [1.165, 1.54) is 12.4 Å². The zero-order valence-corrected chi connectivity index (χ0v) is 13.0. The zero-order chi connectivity index (χ0) is 16.9. The Morgan fingerprint density at radius 3 is 2.92 bits per heavy atom. The summed E-state index contributed by atoms with van der Waals surface area (Å²) in [7, 11) is 0. The molecule has 1 N–H and O–H groups in total. The van der Waals surface area contributed by atoms with Gasteiger partial charge in [-0.3, -0.25) is 0 Å². The maximum atomic E-state index is 13.5. The van der Waals surface area contributed by atoms with Gasteiger partial charge < -0.3 is 9.84 Å². The smallest absolute Gasteiger partial charge is 0.221 e. The monoisotopic (exact) mass is 326 g/mol. The van der Waals surface area contributed by atoms with Gasteiger partial charge in [-0.05, 0) is 42.3 Å². The van der Waals surface area contributed by atoms with Crippen LogP contribution in [0.3, 0.4) is 0 Å². The third-order valence-corrected chi connectivity index (χ3v) is 3.27. The van der Waals surface area contributed by atoms with Gasteiger partial charge in [0.05, 0.1) is 13.2 Å². The fraction of sp³-hybridized carbons (Fsp3) is 0.235. The van der Waals surface area contributed by atoms with E-state index in [-0.39, 0.29) is 6.61 Å². The highest BCUT2D eigenvalue weighted by atomic mass is 19.1. The molecule has 0 atom stereocenters. The standard InChI is InChI=1S/C17H15FN4O2/c1-2-24-17-15(13-4-3-5-14(18)7-13)6-12(8-19-17)9-22-11-20-16(10-23)21-22/h4,6-8,11,23H,2,9-10H2,1H3. The summed E-state index contributed by atoms with van der Waals surface area (Å²) in [6, 6.07) is 9.85. The first kappa shape index (κ1) is 15.9. The minimum absolute atomic E-state index is 0.213. The number of aromatic nitrogens is 4. The van der Waals surface area contributed by atoms with E-state index in [1.807, 2.05) is 13.0 Å². The van der Waals surface area contributed by atoms with Crippen LogP contribution >= 0.6 is 0 Å². The second-order valence-corrected chi connectivity index (χ2v) is 5.01. The first-order chi connectivity index (χ1) is 11.7. The number of ether oxygens (including phenoxy) is 1. The normalized spacial score (nSPS) is 10.5. The molecule has 0 saturated heterocycles.